The Bertz CT molecular complexity index is 1070. The first-order chi connectivity index (χ1) is 11.8. The van der Waals surface area contributed by atoms with E-state index in [0.717, 1.165) is 4.96 Å². The molecule has 1 amide bonds. The first-order valence-corrected chi connectivity index (χ1v) is 10.5. The maximum Gasteiger partial charge on any atom is 0.248 e. The van der Waals surface area contributed by atoms with Crippen LogP contribution in [0.4, 0.5) is 5.69 Å². The Balaban J connectivity index is 1.73. The number of aromatic nitrogens is 2. The van der Waals surface area contributed by atoms with Crippen LogP contribution in [-0.2, 0) is 20.4 Å². The number of imidazole rings is 1. The number of sulfone groups is 1. The van der Waals surface area contributed by atoms with Crippen molar-refractivity contribution in [1.82, 2.24) is 9.38 Å². The van der Waals surface area contributed by atoms with Gasteiger partial charge in [0, 0.05) is 29.6 Å². The van der Waals surface area contributed by atoms with E-state index in [1.807, 2.05) is 11.6 Å². The van der Waals surface area contributed by atoms with Gasteiger partial charge in [-0.15, -0.1) is 11.3 Å². The van der Waals surface area contributed by atoms with Crippen molar-refractivity contribution in [3.05, 3.63) is 58.3 Å². The van der Waals surface area contributed by atoms with Crippen LogP contribution >= 0.6 is 22.9 Å². The second-order valence-corrected chi connectivity index (χ2v) is 8.81. The average molecular weight is 396 g/mol. The number of amides is 1. The highest BCUT2D eigenvalue weighted by Crippen LogP contribution is 2.22. The summed E-state index contributed by atoms with van der Waals surface area (Å²) in [6.07, 6.45) is 5.94. The molecule has 0 saturated carbocycles. The Morgan fingerprint density at radius 1 is 1.44 bits per heavy atom. The molecule has 0 aliphatic carbocycles. The molecule has 0 atom stereocenters. The largest absolute Gasteiger partial charge is 0.323 e. The molecule has 2 heterocycles. The van der Waals surface area contributed by atoms with E-state index in [-0.39, 0.29) is 11.7 Å². The Kier molecular flexibility index (Phi) is 4.94. The van der Waals surface area contributed by atoms with Gasteiger partial charge in [-0.3, -0.25) is 9.20 Å². The van der Waals surface area contributed by atoms with Crippen LogP contribution in [0.5, 0.6) is 0 Å². The highest BCUT2D eigenvalue weighted by atomic mass is 35.5. The van der Waals surface area contributed by atoms with Crippen molar-refractivity contribution in [3.63, 3.8) is 0 Å². The van der Waals surface area contributed by atoms with E-state index in [0.29, 0.717) is 22.1 Å². The Hall–Kier alpha value is -2.16. The number of carbonyl (C=O) groups excluding carboxylic acids is 1. The van der Waals surface area contributed by atoms with Gasteiger partial charge in [0.1, 0.15) is 0 Å². The molecule has 0 aliphatic rings. The van der Waals surface area contributed by atoms with Crippen LogP contribution in [0, 0.1) is 0 Å². The predicted octanol–water partition coefficient (Wildman–Crippen LogP) is 3.25. The van der Waals surface area contributed by atoms with Crippen molar-refractivity contribution in [2.75, 3.05) is 11.6 Å². The third-order valence-corrected chi connectivity index (χ3v) is 5.16. The standard InChI is InChI=1S/C16H14ClN3O3S2/c1-25(22,23)10-11-3-2-4-12(9-11)18-14(21)6-5-13-15(17)19-16-20(13)7-8-24-16/h2-9H,10H2,1H3,(H,18,21). The molecule has 0 bridgehead atoms. The summed E-state index contributed by atoms with van der Waals surface area (Å²) in [5, 5.41) is 4.90. The van der Waals surface area contributed by atoms with E-state index in [4.69, 9.17) is 11.6 Å². The molecule has 130 valence electrons. The lowest BCUT2D eigenvalue weighted by atomic mass is 10.2. The van der Waals surface area contributed by atoms with Gasteiger partial charge in [-0.1, -0.05) is 23.7 Å². The lowest BCUT2D eigenvalue weighted by Gasteiger charge is -2.05. The number of hydrogen-bond acceptors (Lipinski definition) is 5. The number of nitrogens with zero attached hydrogens (tertiary/aromatic N) is 2. The Morgan fingerprint density at radius 3 is 3.00 bits per heavy atom. The van der Waals surface area contributed by atoms with Crippen LogP contribution in [-0.4, -0.2) is 30.0 Å². The molecule has 0 aliphatic heterocycles. The lowest BCUT2D eigenvalue weighted by molar-refractivity contribution is -0.111. The summed E-state index contributed by atoms with van der Waals surface area (Å²) in [5.41, 5.74) is 1.76. The highest BCUT2D eigenvalue weighted by molar-refractivity contribution is 7.89. The molecule has 1 N–H and O–H groups in total. The van der Waals surface area contributed by atoms with Crippen LogP contribution < -0.4 is 5.32 Å². The van der Waals surface area contributed by atoms with Crippen molar-refractivity contribution in [1.29, 1.82) is 0 Å². The van der Waals surface area contributed by atoms with Crippen molar-refractivity contribution in [2.24, 2.45) is 0 Å². The number of carbonyl (C=O) groups is 1. The monoisotopic (exact) mass is 395 g/mol. The number of anilines is 1. The second-order valence-electron chi connectivity index (χ2n) is 5.44. The number of thiazole rings is 1. The second kappa shape index (κ2) is 6.99. The van der Waals surface area contributed by atoms with Gasteiger partial charge in [0.05, 0.1) is 11.4 Å². The maximum atomic E-state index is 12.1. The van der Waals surface area contributed by atoms with Crippen LogP contribution in [0.15, 0.2) is 41.9 Å². The van der Waals surface area contributed by atoms with Gasteiger partial charge in [-0.05, 0) is 23.8 Å². The van der Waals surface area contributed by atoms with E-state index < -0.39 is 9.84 Å². The third-order valence-electron chi connectivity index (χ3n) is 3.27. The Labute approximate surface area is 153 Å². The molecule has 3 aromatic rings. The van der Waals surface area contributed by atoms with Gasteiger partial charge in [0.15, 0.2) is 20.0 Å². The fourth-order valence-corrected chi connectivity index (χ4v) is 4.10. The summed E-state index contributed by atoms with van der Waals surface area (Å²) in [4.78, 5) is 17.0. The fraction of sp³-hybridized carbons (Fsp3) is 0.125. The first-order valence-electron chi connectivity index (χ1n) is 7.18. The molecule has 1 aromatic carbocycles. The van der Waals surface area contributed by atoms with Gasteiger partial charge in [-0.25, -0.2) is 13.4 Å². The zero-order chi connectivity index (χ0) is 18.0. The smallest absolute Gasteiger partial charge is 0.248 e. The molecule has 2 aromatic heterocycles. The number of hydrogen-bond donors (Lipinski definition) is 1. The van der Waals surface area contributed by atoms with E-state index in [1.165, 1.54) is 23.7 Å². The van der Waals surface area contributed by atoms with E-state index in [9.17, 15) is 13.2 Å². The molecule has 0 spiro atoms. The van der Waals surface area contributed by atoms with Gasteiger partial charge in [0.25, 0.3) is 0 Å². The minimum Gasteiger partial charge on any atom is -0.323 e. The minimum atomic E-state index is -3.13. The summed E-state index contributed by atoms with van der Waals surface area (Å²) >= 11 is 7.52. The summed E-state index contributed by atoms with van der Waals surface area (Å²) in [5.74, 6) is -0.425. The summed E-state index contributed by atoms with van der Waals surface area (Å²) in [6.45, 7) is 0. The number of rotatable bonds is 5. The minimum absolute atomic E-state index is 0.0753. The zero-order valence-electron chi connectivity index (χ0n) is 13.1. The SMILES string of the molecule is CS(=O)(=O)Cc1cccc(NC(=O)C=Cc2c(Cl)nc3sccn23)c1. The van der Waals surface area contributed by atoms with E-state index in [2.05, 4.69) is 10.3 Å². The highest BCUT2D eigenvalue weighted by Gasteiger charge is 2.09. The van der Waals surface area contributed by atoms with Gasteiger partial charge >= 0.3 is 0 Å². The van der Waals surface area contributed by atoms with Crippen LogP contribution in [0.2, 0.25) is 5.15 Å². The summed E-state index contributed by atoms with van der Waals surface area (Å²) in [6, 6.07) is 6.73. The maximum absolute atomic E-state index is 12.1. The number of benzene rings is 1. The Morgan fingerprint density at radius 2 is 2.24 bits per heavy atom. The molecule has 0 saturated heterocycles. The van der Waals surface area contributed by atoms with Crippen molar-refractivity contribution in [3.8, 4) is 0 Å². The van der Waals surface area contributed by atoms with E-state index in [1.54, 1.807) is 34.7 Å². The van der Waals surface area contributed by atoms with Crippen molar-refractivity contribution < 1.29 is 13.2 Å². The molecule has 3 rings (SSSR count). The van der Waals surface area contributed by atoms with Gasteiger partial charge < -0.3 is 5.32 Å². The van der Waals surface area contributed by atoms with Gasteiger partial charge in [-0.2, -0.15) is 0 Å². The molecule has 25 heavy (non-hydrogen) atoms. The molecule has 6 nitrogen and oxygen atoms in total. The molecular formula is C16H14ClN3O3S2. The first kappa shape index (κ1) is 17.7. The summed E-state index contributed by atoms with van der Waals surface area (Å²) in [7, 11) is -3.13. The molecule has 0 fully saturated rings. The molecule has 0 radical (unpaired) electrons. The number of halogens is 1. The van der Waals surface area contributed by atoms with Crippen LogP contribution in [0.25, 0.3) is 11.0 Å². The quantitative estimate of drug-likeness (QED) is 0.672. The topological polar surface area (TPSA) is 80.5 Å². The molecule has 0 unspecified atom stereocenters. The predicted molar refractivity (Wildman–Crippen MR) is 101 cm³/mol. The molecule has 9 heteroatoms. The van der Waals surface area contributed by atoms with Crippen molar-refractivity contribution in [2.45, 2.75) is 5.75 Å². The lowest BCUT2D eigenvalue weighted by Crippen LogP contribution is -2.08. The average Bonchev–Trinajstić information content (AvgIpc) is 3.04. The third kappa shape index (κ3) is 4.47. The number of fused-ring (bicyclic) bond motifs is 1. The van der Waals surface area contributed by atoms with Crippen LogP contribution in [0.3, 0.4) is 0 Å². The van der Waals surface area contributed by atoms with Gasteiger partial charge in [0.2, 0.25) is 5.91 Å². The van der Waals surface area contributed by atoms with Crippen LogP contribution in [0.1, 0.15) is 11.3 Å². The zero-order valence-corrected chi connectivity index (χ0v) is 15.5. The van der Waals surface area contributed by atoms with E-state index >= 15 is 0 Å². The normalized spacial score (nSPS) is 12.1. The van der Waals surface area contributed by atoms with Crippen molar-refractivity contribution >= 4 is 55.4 Å². The fourth-order valence-electron chi connectivity index (χ4n) is 2.31. The number of nitrogens with one attached hydrogen (secondary N) is 1. The summed E-state index contributed by atoms with van der Waals surface area (Å²) < 4.78 is 24.5. The molecular weight excluding hydrogens is 382 g/mol.